The summed E-state index contributed by atoms with van der Waals surface area (Å²) in [5.74, 6) is 0.875. The molecule has 5 rings (SSSR count). The predicted octanol–water partition coefficient (Wildman–Crippen LogP) is 4.34. The summed E-state index contributed by atoms with van der Waals surface area (Å²) in [5, 5.41) is 11.2. The molecule has 1 fully saturated rings. The lowest BCUT2D eigenvalue weighted by Crippen LogP contribution is -2.39. The van der Waals surface area contributed by atoms with Gasteiger partial charge in [-0.05, 0) is 61.0 Å². The van der Waals surface area contributed by atoms with E-state index < -0.39 is 22.3 Å². The van der Waals surface area contributed by atoms with E-state index in [4.69, 9.17) is 9.72 Å². The maximum absolute atomic E-state index is 13.1. The molecule has 1 aliphatic heterocycles. The summed E-state index contributed by atoms with van der Waals surface area (Å²) in [6, 6.07) is 16.6. The molecular formula is C27H32N8O4S. The number of hydrogen-bond acceptors (Lipinski definition) is 9. The number of rotatable bonds is 8. The Bertz CT molecular complexity index is 1620. The van der Waals surface area contributed by atoms with Crippen LogP contribution in [-0.4, -0.2) is 69.9 Å². The van der Waals surface area contributed by atoms with E-state index in [2.05, 4.69) is 20.2 Å². The van der Waals surface area contributed by atoms with Crippen molar-refractivity contribution < 1.29 is 17.9 Å². The molecule has 40 heavy (non-hydrogen) atoms. The molecular weight excluding hydrogens is 532 g/mol. The highest BCUT2D eigenvalue weighted by Crippen LogP contribution is 2.34. The molecule has 0 saturated carbocycles. The quantitative estimate of drug-likeness (QED) is 0.286. The van der Waals surface area contributed by atoms with Gasteiger partial charge >= 0.3 is 6.09 Å². The third-order valence-corrected chi connectivity index (χ3v) is 7.21. The number of benzene rings is 2. The molecule has 1 amide bonds. The number of aromatic nitrogens is 3. The monoisotopic (exact) mass is 564 g/mol. The molecule has 0 bridgehead atoms. The summed E-state index contributed by atoms with van der Waals surface area (Å²) in [6.07, 6.45) is 2.99. The number of nitrogens with one attached hydrogen (secondary N) is 3. The van der Waals surface area contributed by atoms with Crippen LogP contribution in [0.4, 0.5) is 39.2 Å². The van der Waals surface area contributed by atoms with Crippen LogP contribution in [-0.2, 0) is 14.8 Å². The number of fused-ring (bicyclic) bond motifs is 1. The molecule has 3 heterocycles. The SMILES string of the molecule is CN(C)c1ccc(N(C)C(=O)O[C@H]2CCCN2c2nc(Nc3ccc4[nH]ncc4c3)ccc2NS(C)(=O)=O)cc1. The number of carbonyl (C=O) groups excluding carboxylic acids is 1. The fraction of sp³-hybridized carbons (Fsp3) is 0.296. The van der Waals surface area contributed by atoms with Crippen molar-refractivity contribution in [3.05, 3.63) is 60.8 Å². The van der Waals surface area contributed by atoms with Gasteiger partial charge in [-0.2, -0.15) is 5.10 Å². The van der Waals surface area contributed by atoms with E-state index in [0.717, 1.165) is 35.0 Å². The topological polar surface area (TPSA) is 136 Å². The summed E-state index contributed by atoms with van der Waals surface area (Å²) in [6.45, 7) is 0.537. The van der Waals surface area contributed by atoms with Crippen molar-refractivity contribution >= 4 is 61.4 Å². The first kappa shape index (κ1) is 27.1. The summed E-state index contributed by atoms with van der Waals surface area (Å²) in [5.41, 5.74) is 3.71. The molecule has 13 heteroatoms. The van der Waals surface area contributed by atoms with Crippen LogP contribution in [0.2, 0.25) is 0 Å². The first-order valence-corrected chi connectivity index (χ1v) is 14.6. The smallest absolute Gasteiger partial charge is 0.415 e. The van der Waals surface area contributed by atoms with Crippen LogP contribution in [0.25, 0.3) is 10.9 Å². The lowest BCUT2D eigenvalue weighted by atomic mass is 10.2. The zero-order valence-electron chi connectivity index (χ0n) is 22.7. The second kappa shape index (κ2) is 10.9. The van der Waals surface area contributed by atoms with Crippen LogP contribution < -0.4 is 24.7 Å². The number of sulfonamides is 1. The summed E-state index contributed by atoms with van der Waals surface area (Å²) in [4.78, 5) is 23.1. The molecule has 1 saturated heterocycles. The fourth-order valence-corrected chi connectivity index (χ4v) is 5.12. The van der Waals surface area contributed by atoms with Crippen molar-refractivity contribution in [3.8, 4) is 0 Å². The lowest BCUT2D eigenvalue weighted by Gasteiger charge is -2.29. The number of amides is 1. The van der Waals surface area contributed by atoms with E-state index in [1.807, 2.05) is 66.4 Å². The van der Waals surface area contributed by atoms with Crippen LogP contribution in [0, 0.1) is 0 Å². The van der Waals surface area contributed by atoms with Gasteiger partial charge in [0, 0.05) is 56.6 Å². The number of carbonyl (C=O) groups is 1. The minimum Gasteiger partial charge on any atom is -0.425 e. The molecule has 1 atom stereocenters. The Morgan fingerprint density at radius 2 is 1.82 bits per heavy atom. The van der Waals surface area contributed by atoms with Crippen LogP contribution in [0.5, 0.6) is 0 Å². The first-order chi connectivity index (χ1) is 19.1. The highest BCUT2D eigenvalue weighted by molar-refractivity contribution is 7.92. The minimum atomic E-state index is -3.59. The molecule has 210 valence electrons. The van der Waals surface area contributed by atoms with Crippen molar-refractivity contribution in [2.24, 2.45) is 0 Å². The zero-order valence-corrected chi connectivity index (χ0v) is 23.6. The van der Waals surface area contributed by atoms with Crippen molar-refractivity contribution in [2.45, 2.75) is 19.1 Å². The number of aromatic amines is 1. The molecule has 2 aromatic heterocycles. The van der Waals surface area contributed by atoms with Gasteiger partial charge in [0.1, 0.15) is 5.82 Å². The van der Waals surface area contributed by atoms with Gasteiger partial charge in [0.25, 0.3) is 0 Å². The zero-order chi connectivity index (χ0) is 28.4. The second-order valence-electron chi connectivity index (χ2n) is 9.88. The van der Waals surface area contributed by atoms with Gasteiger partial charge in [-0.1, -0.05) is 0 Å². The Morgan fingerprint density at radius 1 is 1.07 bits per heavy atom. The second-order valence-corrected chi connectivity index (χ2v) is 11.6. The van der Waals surface area contributed by atoms with Crippen LogP contribution in [0.3, 0.4) is 0 Å². The normalized spacial score (nSPS) is 15.2. The fourth-order valence-electron chi connectivity index (χ4n) is 4.56. The summed E-state index contributed by atoms with van der Waals surface area (Å²) < 4.78 is 32.7. The first-order valence-electron chi connectivity index (χ1n) is 12.7. The summed E-state index contributed by atoms with van der Waals surface area (Å²) in [7, 11) is 1.97. The molecule has 1 aliphatic rings. The van der Waals surface area contributed by atoms with Gasteiger partial charge in [-0.3, -0.25) is 14.7 Å². The molecule has 4 aromatic rings. The Balaban J connectivity index is 1.39. The van der Waals surface area contributed by atoms with Gasteiger partial charge in [0.15, 0.2) is 12.0 Å². The number of pyridine rings is 1. The average molecular weight is 565 g/mol. The molecule has 0 unspecified atom stereocenters. The molecule has 0 radical (unpaired) electrons. The number of anilines is 6. The highest BCUT2D eigenvalue weighted by atomic mass is 32.2. The van der Waals surface area contributed by atoms with E-state index >= 15 is 0 Å². The maximum atomic E-state index is 13.1. The Kier molecular flexibility index (Phi) is 7.39. The molecule has 0 spiro atoms. The number of H-pyrrole nitrogens is 1. The Morgan fingerprint density at radius 3 is 2.55 bits per heavy atom. The van der Waals surface area contributed by atoms with Crippen molar-refractivity contribution in [2.75, 3.05) is 58.7 Å². The number of hydrogen-bond donors (Lipinski definition) is 3. The third kappa shape index (κ3) is 6.04. The van der Waals surface area contributed by atoms with E-state index in [-0.39, 0.29) is 0 Å². The lowest BCUT2D eigenvalue weighted by molar-refractivity contribution is 0.110. The van der Waals surface area contributed by atoms with Gasteiger partial charge in [0.05, 0.1) is 23.7 Å². The van der Waals surface area contributed by atoms with Crippen LogP contribution in [0.1, 0.15) is 12.8 Å². The molecule has 2 aromatic carbocycles. The largest absolute Gasteiger partial charge is 0.425 e. The molecule has 12 nitrogen and oxygen atoms in total. The number of ether oxygens (including phenoxy) is 1. The van der Waals surface area contributed by atoms with E-state index in [9.17, 15) is 13.2 Å². The van der Waals surface area contributed by atoms with Crippen molar-refractivity contribution in [3.63, 3.8) is 0 Å². The standard InChI is InChI=1S/C27H32N8O4S/c1-33(2)20-8-10-21(11-9-20)34(3)27(36)39-25-6-5-15-35(25)26-23(32-40(4,37)38)13-14-24(30-26)29-19-7-12-22-18(16-19)17-28-31-22/h7-14,16-17,25,32H,5-6,15H2,1-4H3,(H,28,31)(H,29,30)/t25-/m0/s1. The van der Waals surface area contributed by atoms with Crippen LogP contribution >= 0.6 is 0 Å². The average Bonchev–Trinajstić information content (AvgIpc) is 3.57. The van der Waals surface area contributed by atoms with Crippen molar-refractivity contribution in [1.29, 1.82) is 0 Å². The molecule has 0 aliphatic carbocycles. The van der Waals surface area contributed by atoms with Gasteiger partial charge in [-0.15, -0.1) is 0 Å². The third-order valence-electron chi connectivity index (χ3n) is 6.62. The summed E-state index contributed by atoms with van der Waals surface area (Å²) >= 11 is 0. The highest BCUT2D eigenvalue weighted by Gasteiger charge is 2.32. The number of nitrogens with zero attached hydrogens (tertiary/aromatic N) is 5. The van der Waals surface area contributed by atoms with Gasteiger partial charge in [0.2, 0.25) is 10.0 Å². The van der Waals surface area contributed by atoms with Gasteiger partial charge < -0.3 is 19.9 Å². The Labute approximate surface area is 233 Å². The van der Waals surface area contributed by atoms with E-state index in [0.29, 0.717) is 36.0 Å². The molecule has 3 N–H and O–H groups in total. The van der Waals surface area contributed by atoms with E-state index in [1.165, 1.54) is 4.90 Å². The van der Waals surface area contributed by atoms with Crippen LogP contribution in [0.15, 0.2) is 60.8 Å². The maximum Gasteiger partial charge on any atom is 0.415 e. The van der Waals surface area contributed by atoms with E-state index in [1.54, 1.807) is 25.4 Å². The van der Waals surface area contributed by atoms with Crippen molar-refractivity contribution in [1.82, 2.24) is 15.2 Å². The Hall–Kier alpha value is -4.52. The van der Waals surface area contributed by atoms with Gasteiger partial charge in [-0.25, -0.2) is 18.2 Å². The minimum absolute atomic E-state index is 0.300. The predicted molar refractivity (Wildman–Crippen MR) is 158 cm³/mol.